The Morgan fingerprint density at radius 1 is 0.867 bits per heavy atom. The van der Waals surface area contributed by atoms with Gasteiger partial charge in [0.2, 0.25) is 5.91 Å². The van der Waals surface area contributed by atoms with Crippen LogP contribution in [0.2, 0.25) is 0 Å². The highest BCUT2D eigenvalue weighted by Crippen LogP contribution is 2.31. The van der Waals surface area contributed by atoms with Crippen LogP contribution in [0.25, 0.3) is 0 Å². The van der Waals surface area contributed by atoms with Crippen molar-refractivity contribution in [2.24, 2.45) is 5.73 Å². The van der Waals surface area contributed by atoms with Gasteiger partial charge in [0.1, 0.15) is 0 Å². The van der Waals surface area contributed by atoms with Gasteiger partial charge in [-0.2, -0.15) is 0 Å². The van der Waals surface area contributed by atoms with Gasteiger partial charge in [0.05, 0.1) is 6.42 Å². The fourth-order valence-corrected chi connectivity index (χ4v) is 3.91. The third-order valence-corrected chi connectivity index (χ3v) is 5.69. The number of nitrogens with zero attached hydrogens (tertiary/aromatic N) is 3. The summed E-state index contributed by atoms with van der Waals surface area (Å²) in [5.41, 5.74) is 13.8. The van der Waals surface area contributed by atoms with Crippen molar-refractivity contribution in [1.82, 2.24) is 9.97 Å². The van der Waals surface area contributed by atoms with Crippen molar-refractivity contribution in [3.63, 3.8) is 0 Å². The molecular weight excluding hydrogens is 372 g/mol. The maximum Gasteiger partial charge on any atom is 0.221 e. The minimum Gasteiger partial charge on any atom is -0.370 e. The first-order chi connectivity index (χ1) is 14.5. The highest BCUT2D eigenvalue weighted by molar-refractivity contribution is 5.78. The molecule has 2 aromatic heterocycles. The Kier molecular flexibility index (Phi) is 7.17. The molecule has 2 N–H and O–H groups in total. The van der Waals surface area contributed by atoms with E-state index >= 15 is 0 Å². The van der Waals surface area contributed by atoms with Crippen LogP contribution in [0.4, 0.5) is 5.69 Å². The zero-order chi connectivity index (χ0) is 21.5. The maximum absolute atomic E-state index is 11.6. The molecule has 3 aromatic rings. The molecule has 0 unspecified atom stereocenters. The zero-order valence-corrected chi connectivity index (χ0v) is 18.1. The topological polar surface area (TPSA) is 72.1 Å². The first kappa shape index (κ1) is 21.5. The molecule has 0 aliphatic heterocycles. The molecule has 1 amide bonds. The molecule has 0 fully saturated rings. The fraction of sp³-hybridized carbons (Fsp3) is 0.320. The summed E-state index contributed by atoms with van der Waals surface area (Å²) in [4.78, 5) is 22.3. The number of primary amides is 1. The van der Waals surface area contributed by atoms with Gasteiger partial charge in [0, 0.05) is 43.6 Å². The minimum atomic E-state index is -0.299. The van der Waals surface area contributed by atoms with Crippen molar-refractivity contribution < 1.29 is 4.79 Å². The second kappa shape index (κ2) is 10.0. The summed E-state index contributed by atoms with van der Waals surface area (Å²) < 4.78 is 0. The smallest absolute Gasteiger partial charge is 0.221 e. The van der Waals surface area contributed by atoms with Crippen LogP contribution in [0.15, 0.2) is 55.1 Å². The zero-order valence-electron chi connectivity index (χ0n) is 18.1. The Morgan fingerprint density at radius 2 is 1.37 bits per heavy atom. The standard InChI is InChI=1S/C25H30N4O/c1-18-16-23(17-24(26)30)20(3)25(19(18)2)29(14-8-21-4-10-27-11-5-21)15-9-22-6-12-28-13-7-22/h4-7,10-13,16H,8-9,14-15,17H2,1-3H3,(H2,26,30). The average Bonchev–Trinajstić information content (AvgIpc) is 2.74. The van der Waals surface area contributed by atoms with Crippen LogP contribution in [0, 0.1) is 20.8 Å². The van der Waals surface area contributed by atoms with E-state index in [9.17, 15) is 4.79 Å². The Labute approximate surface area is 179 Å². The number of aryl methyl sites for hydroxylation is 1. The minimum absolute atomic E-state index is 0.266. The van der Waals surface area contributed by atoms with E-state index in [1.54, 1.807) is 0 Å². The van der Waals surface area contributed by atoms with E-state index < -0.39 is 0 Å². The van der Waals surface area contributed by atoms with E-state index in [0.29, 0.717) is 0 Å². The van der Waals surface area contributed by atoms with Crippen molar-refractivity contribution in [3.8, 4) is 0 Å². The highest BCUT2D eigenvalue weighted by atomic mass is 16.1. The lowest BCUT2D eigenvalue weighted by Gasteiger charge is -2.30. The summed E-state index contributed by atoms with van der Waals surface area (Å²) in [7, 11) is 0. The normalized spacial score (nSPS) is 10.8. The molecule has 2 heterocycles. The van der Waals surface area contributed by atoms with Crippen LogP contribution in [0.1, 0.15) is 33.4 Å². The number of amides is 1. The predicted octanol–water partition coefficient (Wildman–Crippen LogP) is 3.72. The third-order valence-electron chi connectivity index (χ3n) is 5.69. The van der Waals surface area contributed by atoms with Crippen LogP contribution in [-0.4, -0.2) is 29.0 Å². The fourth-order valence-electron chi connectivity index (χ4n) is 3.91. The third kappa shape index (κ3) is 5.44. The number of pyridine rings is 2. The average molecular weight is 403 g/mol. The Morgan fingerprint density at radius 3 is 1.83 bits per heavy atom. The van der Waals surface area contributed by atoms with Crippen LogP contribution >= 0.6 is 0 Å². The van der Waals surface area contributed by atoms with Crippen molar-refractivity contribution in [1.29, 1.82) is 0 Å². The van der Waals surface area contributed by atoms with E-state index in [-0.39, 0.29) is 12.3 Å². The molecule has 5 nitrogen and oxygen atoms in total. The number of anilines is 1. The van der Waals surface area contributed by atoms with Crippen molar-refractivity contribution in [3.05, 3.63) is 88.5 Å². The van der Waals surface area contributed by atoms with Gasteiger partial charge in [-0.25, -0.2) is 0 Å². The summed E-state index contributed by atoms with van der Waals surface area (Å²) in [6, 6.07) is 10.4. The van der Waals surface area contributed by atoms with Crippen LogP contribution in [0.5, 0.6) is 0 Å². The lowest BCUT2D eigenvalue weighted by molar-refractivity contribution is -0.117. The number of carbonyl (C=O) groups excluding carboxylic acids is 1. The number of rotatable bonds is 9. The molecular formula is C25H30N4O. The van der Waals surface area contributed by atoms with E-state index in [1.165, 1.54) is 27.9 Å². The number of nitrogens with two attached hydrogens (primary N) is 1. The van der Waals surface area contributed by atoms with E-state index in [1.807, 2.05) is 24.8 Å². The number of hydrogen-bond donors (Lipinski definition) is 1. The van der Waals surface area contributed by atoms with Gasteiger partial charge in [0.25, 0.3) is 0 Å². The molecule has 30 heavy (non-hydrogen) atoms. The second-order valence-electron chi connectivity index (χ2n) is 7.79. The quantitative estimate of drug-likeness (QED) is 0.592. The Balaban J connectivity index is 1.93. The van der Waals surface area contributed by atoms with Crippen LogP contribution in [-0.2, 0) is 24.1 Å². The number of carbonyl (C=O) groups is 1. The Bertz CT molecular complexity index is 944. The second-order valence-corrected chi connectivity index (χ2v) is 7.79. The highest BCUT2D eigenvalue weighted by Gasteiger charge is 2.18. The number of aromatic nitrogens is 2. The molecule has 0 radical (unpaired) electrons. The van der Waals surface area contributed by atoms with Crippen LogP contribution < -0.4 is 10.6 Å². The van der Waals surface area contributed by atoms with Gasteiger partial charge in [-0.05, 0) is 91.3 Å². The SMILES string of the molecule is Cc1cc(CC(N)=O)c(C)c(N(CCc2ccncc2)CCc2ccncc2)c1C. The maximum atomic E-state index is 11.6. The van der Waals surface area contributed by atoms with Gasteiger partial charge in [-0.1, -0.05) is 6.07 Å². The summed E-state index contributed by atoms with van der Waals surface area (Å²) in [6.07, 6.45) is 9.47. The molecule has 0 bridgehead atoms. The Hall–Kier alpha value is -3.21. The van der Waals surface area contributed by atoms with E-state index in [4.69, 9.17) is 5.73 Å². The molecule has 3 rings (SSSR count). The summed E-state index contributed by atoms with van der Waals surface area (Å²) in [6.45, 7) is 8.14. The molecule has 0 saturated heterocycles. The van der Waals surface area contributed by atoms with E-state index in [2.05, 4.69) is 66.0 Å². The van der Waals surface area contributed by atoms with Gasteiger partial charge >= 0.3 is 0 Å². The van der Waals surface area contributed by atoms with Gasteiger partial charge in [0.15, 0.2) is 0 Å². The van der Waals surface area contributed by atoms with Crippen molar-refractivity contribution in [2.75, 3.05) is 18.0 Å². The largest absolute Gasteiger partial charge is 0.370 e. The monoisotopic (exact) mass is 402 g/mol. The van der Waals surface area contributed by atoms with Gasteiger partial charge in [-0.15, -0.1) is 0 Å². The van der Waals surface area contributed by atoms with Gasteiger partial charge < -0.3 is 10.6 Å². The van der Waals surface area contributed by atoms with Crippen LogP contribution in [0.3, 0.4) is 0 Å². The molecule has 0 atom stereocenters. The molecule has 5 heteroatoms. The lowest BCUT2D eigenvalue weighted by Crippen LogP contribution is -2.30. The van der Waals surface area contributed by atoms with Crippen molar-refractivity contribution in [2.45, 2.75) is 40.0 Å². The van der Waals surface area contributed by atoms with Gasteiger partial charge in [-0.3, -0.25) is 14.8 Å². The molecule has 156 valence electrons. The summed E-state index contributed by atoms with van der Waals surface area (Å²) in [5, 5.41) is 0. The van der Waals surface area contributed by atoms with Crippen molar-refractivity contribution >= 4 is 11.6 Å². The van der Waals surface area contributed by atoms with E-state index in [0.717, 1.165) is 37.1 Å². The summed E-state index contributed by atoms with van der Waals surface area (Å²) in [5.74, 6) is -0.299. The molecule has 1 aromatic carbocycles. The molecule has 0 aliphatic rings. The summed E-state index contributed by atoms with van der Waals surface area (Å²) >= 11 is 0. The molecule has 0 saturated carbocycles. The number of hydrogen-bond acceptors (Lipinski definition) is 4. The first-order valence-corrected chi connectivity index (χ1v) is 10.4. The lowest BCUT2D eigenvalue weighted by atomic mass is 9.94. The molecule has 0 spiro atoms. The first-order valence-electron chi connectivity index (χ1n) is 10.4. The molecule has 0 aliphatic carbocycles. The number of benzene rings is 1. The predicted molar refractivity (Wildman–Crippen MR) is 122 cm³/mol.